The molecule has 0 spiro atoms. The molecular formula is C24H21ClN2O2. The fourth-order valence-corrected chi connectivity index (χ4v) is 3.03. The largest absolute Gasteiger partial charge is 0.493 e. The number of rotatable bonds is 7. The molecule has 0 fully saturated rings. The summed E-state index contributed by atoms with van der Waals surface area (Å²) in [6, 6.07) is 20.4. The van der Waals surface area contributed by atoms with E-state index in [9.17, 15) is 10.1 Å². The summed E-state index contributed by atoms with van der Waals surface area (Å²) in [5, 5.41) is 14.9. The van der Waals surface area contributed by atoms with Crippen LogP contribution in [-0.4, -0.2) is 12.5 Å². The van der Waals surface area contributed by atoms with Gasteiger partial charge in [-0.2, -0.15) is 5.26 Å². The number of fused-ring (bicyclic) bond motifs is 1. The minimum absolute atomic E-state index is 0.00311. The van der Waals surface area contributed by atoms with Gasteiger partial charge in [0.25, 0.3) is 5.91 Å². The van der Waals surface area contributed by atoms with Gasteiger partial charge >= 0.3 is 0 Å². The summed E-state index contributed by atoms with van der Waals surface area (Å²) in [7, 11) is 0. The zero-order valence-corrected chi connectivity index (χ0v) is 16.9. The van der Waals surface area contributed by atoms with Crippen LogP contribution in [0.2, 0.25) is 5.02 Å². The molecule has 146 valence electrons. The molecule has 3 rings (SSSR count). The smallest absolute Gasteiger partial charge is 0.266 e. The van der Waals surface area contributed by atoms with Crippen molar-refractivity contribution in [3.05, 3.63) is 76.8 Å². The standard InChI is InChI=1S/C24H21ClN2O2/c1-2-3-14-29-23-13-8-17-6-4-5-7-21(17)22(23)15-18(16-26)24(28)27-20-11-9-19(25)10-12-20/h4-13,15H,2-3,14H2,1H3,(H,27,28)/b18-15+. The van der Waals surface area contributed by atoms with Gasteiger partial charge in [0.05, 0.1) is 6.61 Å². The third kappa shape index (κ3) is 5.16. The highest BCUT2D eigenvalue weighted by atomic mass is 35.5. The van der Waals surface area contributed by atoms with Crippen LogP contribution in [0.15, 0.2) is 66.2 Å². The molecule has 0 aliphatic rings. The molecule has 0 aliphatic carbocycles. The van der Waals surface area contributed by atoms with Crippen molar-refractivity contribution >= 4 is 40.0 Å². The lowest BCUT2D eigenvalue weighted by Gasteiger charge is -2.12. The maximum absolute atomic E-state index is 12.7. The number of ether oxygens (including phenoxy) is 1. The molecule has 1 amide bonds. The average Bonchev–Trinajstić information content (AvgIpc) is 2.74. The lowest BCUT2D eigenvalue weighted by Crippen LogP contribution is -2.13. The van der Waals surface area contributed by atoms with Gasteiger partial charge in [-0.05, 0) is 53.6 Å². The summed E-state index contributed by atoms with van der Waals surface area (Å²) in [5.74, 6) is 0.173. The normalized spacial score (nSPS) is 11.1. The molecule has 3 aromatic rings. The minimum atomic E-state index is -0.484. The van der Waals surface area contributed by atoms with E-state index in [1.54, 1.807) is 30.3 Å². The summed E-state index contributed by atoms with van der Waals surface area (Å²) >= 11 is 5.88. The van der Waals surface area contributed by atoms with Crippen LogP contribution in [0.1, 0.15) is 25.3 Å². The van der Waals surface area contributed by atoms with E-state index < -0.39 is 5.91 Å². The number of anilines is 1. The van der Waals surface area contributed by atoms with Crippen LogP contribution in [-0.2, 0) is 4.79 Å². The molecule has 0 unspecified atom stereocenters. The third-order valence-electron chi connectivity index (χ3n) is 4.44. The van der Waals surface area contributed by atoms with Crippen molar-refractivity contribution in [2.45, 2.75) is 19.8 Å². The molecular weight excluding hydrogens is 384 g/mol. The number of amides is 1. The first-order chi connectivity index (χ1) is 14.1. The van der Waals surface area contributed by atoms with Crippen molar-refractivity contribution in [3.63, 3.8) is 0 Å². The van der Waals surface area contributed by atoms with Gasteiger partial charge in [-0.1, -0.05) is 55.3 Å². The molecule has 5 heteroatoms. The number of hydrogen-bond donors (Lipinski definition) is 1. The molecule has 0 atom stereocenters. The van der Waals surface area contributed by atoms with E-state index in [1.165, 1.54) is 0 Å². The SMILES string of the molecule is CCCCOc1ccc2ccccc2c1/C=C(\C#N)C(=O)Nc1ccc(Cl)cc1. The average molecular weight is 405 g/mol. The number of carbonyl (C=O) groups is 1. The number of nitrogens with zero attached hydrogens (tertiary/aromatic N) is 1. The van der Waals surface area contributed by atoms with Crippen molar-refractivity contribution in [3.8, 4) is 11.8 Å². The van der Waals surface area contributed by atoms with Gasteiger partial charge in [0.2, 0.25) is 0 Å². The van der Waals surface area contributed by atoms with Gasteiger partial charge < -0.3 is 10.1 Å². The minimum Gasteiger partial charge on any atom is -0.493 e. The third-order valence-corrected chi connectivity index (χ3v) is 4.69. The number of benzene rings is 3. The van der Waals surface area contributed by atoms with Gasteiger partial charge in [0.1, 0.15) is 17.4 Å². The van der Waals surface area contributed by atoms with Crippen molar-refractivity contribution in [2.24, 2.45) is 0 Å². The van der Waals surface area contributed by atoms with Gasteiger partial charge in [-0.25, -0.2) is 0 Å². The Balaban J connectivity index is 1.98. The molecule has 4 nitrogen and oxygen atoms in total. The summed E-state index contributed by atoms with van der Waals surface area (Å²) in [6.07, 6.45) is 3.54. The van der Waals surface area contributed by atoms with Gasteiger partial charge in [0, 0.05) is 16.3 Å². The Bertz CT molecular complexity index is 1080. The highest BCUT2D eigenvalue weighted by molar-refractivity contribution is 6.30. The number of halogens is 1. The maximum Gasteiger partial charge on any atom is 0.266 e. The predicted molar refractivity (Wildman–Crippen MR) is 118 cm³/mol. The second-order valence-electron chi connectivity index (χ2n) is 6.53. The van der Waals surface area contributed by atoms with E-state index in [-0.39, 0.29) is 5.57 Å². The summed E-state index contributed by atoms with van der Waals surface area (Å²) in [4.78, 5) is 12.7. The molecule has 1 N–H and O–H groups in total. The summed E-state index contributed by atoms with van der Waals surface area (Å²) in [6.45, 7) is 2.67. The van der Waals surface area contributed by atoms with Crippen LogP contribution in [0.25, 0.3) is 16.8 Å². The van der Waals surface area contributed by atoms with E-state index in [0.717, 1.165) is 29.2 Å². The Morgan fingerprint density at radius 3 is 2.62 bits per heavy atom. The zero-order chi connectivity index (χ0) is 20.6. The molecule has 0 radical (unpaired) electrons. The number of carbonyl (C=O) groups excluding carboxylic acids is 1. The highest BCUT2D eigenvalue weighted by Gasteiger charge is 2.14. The Hall–Kier alpha value is -3.29. The Morgan fingerprint density at radius 1 is 1.14 bits per heavy atom. The predicted octanol–water partition coefficient (Wildman–Crippen LogP) is 6.22. The molecule has 29 heavy (non-hydrogen) atoms. The van der Waals surface area contributed by atoms with E-state index in [2.05, 4.69) is 12.2 Å². The van der Waals surface area contributed by atoms with Crippen LogP contribution in [0.4, 0.5) is 5.69 Å². The first-order valence-electron chi connectivity index (χ1n) is 9.45. The molecule has 0 bridgehead atoms. The number of unbranched alkanes of at least 4 members (excludes halogenated alkanes) is 1. The van der Waals surface area contributed by atoms with Crippen LogP contribution >= 0.6 is 11.6 Å². The maximum atomic E-state index is 12.7. The second kappa shape index (κ2) is 9.77. The van der Waals surface area contributed by atoms with Crippen LogP contribution in [0.5, 0.6) is 5.75 Å². The van der Waals surface area contributed by atoms with Crippen LogP contribution in [0.3, 0.4) is 0 Å². The quantitative estimate of drug-likeness (QED) is 0.289. The zero-order valence-electron chi connectivity index (χ0n) is 16.1. The Morgan fingerprint density at radius 2 is 1.90 bits per heavy atom. The first-order valence-corrected chi connectivity index (χ1v) is 9.83. The molecule has 0 saturated heterocycles. The van der Waals surface area contributed by atoms with Crippen LogP contribution in [0, 0.1) is 11.3 Å². The highest BCUT2D eigenvalue weighted by Crippen LogP contribution is 2.30. The van der Waals surface area contributed by atoms with Gasteiger partial charge in [-0.3, -0.25) is 4.79 Å². The van der Waals surface area contributed by atoms with Gasteiger partial charge in [0.15, 0.2) is 0 Å². The lowest BCUT2D eigenvalue weighted by molar-refractivity contribution is -0.112. The number of nitriles is 1. The van der Waals surface area contributed by atoms with E-state index in [1.807, 2.05) is 42.5 Å². The van der Waals surface area contributed by atoms with Crippen LogP contribution < -0.4 is 10.1 Å². The summed E-state index contributed by atoms with van der Waals surface area (Å²) < 4.78 is 5.94. The van der Waals surface area contributed by atoms with Crippen molar-refractivity contribution in [2.75, 3.05) is 11.9 Å². The molecule has 0 heterocycles. The topological polar surface area (TPSA) is 62.1 Å². The fraction of sp³-hybridized carbons (Fsp3) is 0.167. The van der Waals surface area contributed by atoms with E-state index in [0.29, 0.717) is 23.1 Å². The number of nitrogens with one attached hydrogen (secondary N) is 1. The monoisotopic (exact) mass is 404 g/mol. The second-order valence-corrected chi connectivity index (χ2v) is 6.97. The first kappa shape index (κ1) is 20.4. The van der Waals surface area contributed by atoms with E-state index in [4.69, 9.17) is 16.3 Å². The summed E-state index contributed by atoms with van der Waals surface area (Å²) in [5.41, 5.74) is 1.29. The Kier molecular flexibility index (Phi) is 6.89. The molecule has 3 aromatic carbocycles. The molecule has 0 aromatic heterocycles. The Labute approximate surface area is 175 Å². The van der Waals surface area contributed by atoms with Gasteiger partial charge in [-0.15, -0.1) is 0 Å². The van der Waals surface area contributed by atoms with Crippen molar-refractivity contribution in [1.29, 1.82) is 5.26 Å². The lowest BCUT2D eigenvalue weighted by atomic mass is 10.0. The molecule has 0 saturated carbocycles. The van der Waals surface area contributed by atoms with Crippen molar-refractivity contribution in [1.82, 2.24) is 0 Å². The molecule has 0 aliphatic heterocycles. The van der Waals surface area contributed by atoms with Crippen molar-refractivity contribution < 1.29 is 9.53 Å². The fourth-order valence-electron chi connectivity index (χ4n) is 2.90. The number of hydrogen-bond acceptors (Lipinski definition) is 3. The van der Waals surface area contributed by atoms with E-state index >= 15 is 0 Å².